The highest BCUT2D eigenvalue weighted by Gasteiger charge is 2.31. The average Bonchev–Trinajstić information content (AvgIpc) is 3.35. The van der Waals surface area contributed by atoms with Crippen molar-refractivity contribution in [1.29, 1.82) is 0 Å². The number of pyridine rings is 1. The summed E-state index contributed by atoms with van der Waals surface area (Å²) in [6.45, 7) is 0.388. The van der Waals surface area contributed by atoms with Crippen LogP contribution < -0.4 is 4.74 Å². The standard InChI is InChI=1S/C18H14ClNO3/c19-17-6-1-11(8-20-17)10-22-13-4-5-16-14(7-13)15(9-21)18(23-16)12-2-3-12/h1,4-9,12H,2-3,10H2. The normalized spacial score (nSPS) is 14.1. The summed E-state index contributed by atoms with van der Waals surface area (Å²) < 4.78 is 11.6. The lowest BCUT2D eigenvalue weighted by Crippen LogP contribution is -1.96. The van der Waals surface area contributed by atoms with Crippen molar-refractivity contribution in [3.05, 3.63) is 58.6 Å². The highest BCUT2D eigenvalue weighted by molar-refractivity contribution is 6.29. The summed E-state index contributed by atoms with van der Waals surface area (Å²) in [4.78, 5) is 15.5. The molecule has 0 atom stereocenters. The number of fused-ring (bicyclic) bond motifs is 1. The fourth-order valence-electron chi connectivity index (χ4n) is 2.63. The van der Waals surface area contributed by atoms with Crippen LogP contribution >= 0.6 is 11.6 Å². The van der Waals surface area contributed by atoms with Crippen LogP contribution in [0.25, 0.3) is 11.0 Å². The molecule has 1 fully saturated rings. The zero-order chi connectivity index (χ0) is 15.8. The summed E-state index contributed by atoms with van der Waals surface area (Å²) in [6.07, 6.45) is 4.74. The molecule has 1 aromatic carbocycles. The van der Waals surface area contributed by atoms with Gasteiger partial charge < -0.3 is 9.15 Å². The Labute approximate surface area is 138 Å². The quantitative estimate of drug-likeness (QED) is 0.501. The molecule has 4 nitrogen and oxygen atoms in total. The van der Waals surface area contributed by atoms with Crippen LogP contribution in [0.1, 0.15) is 40.4 Å². The maximum atomic E-state index is 11.4. The van der Waals surface area contributed by atoms with E-state index in [9.17, 15) is 4.79 Å². The van der Waals surface area contributed by atoms with E-state index >= 15 is 0 Å². The Morgan fingerprint density at radius 2 is 2.17 bits per heavy atom. The van der Waals surface area contributed by atoms with Gasteiger partial charge in [0.15, 0.2) is 6.29 Å². The minimum atomic E-state index is 0.388. The van der Waals surface area contributed by atoms with Crippen LogP contribution in [-0.4, -0.2) is 11.3 Å². The van der Waals surface area contributed by atoms with Gasteiger partial charge in [0.2, 0.25) is 0 Å². The van der Waals surface area contributed by atoms with Crippen molar-refractivity contribution in [2.45, 2.75) is 25.4 Å². The van der Waals surface area contributed by atoms with Crippen molar-refractivity contribution < 1.29 is 13.9 Å². The monoisotopic (exact) mass is 327 g/mol. The number of aromatic nitrogens is 1. The number of aldehydes is 1. The van der Waals surface area contributed by atoms with E-state index in [-0.39, 0.29) is 0 Å². The molecule has 1 aliphatic carbocycles. The van der Waals surface area contributed by atoms with Crippen LogP contribution in [0.3, 0.4) is 0 Å². The molecule has 2 aromatic heterocycles. The number of nitrogens with zero attached hydrogens (tertiary/aromatic N) is 1. The Bertz CT molecular complexity index is 866. The summed E-state index contributed by atoms with van der Waals surface area (Å²) in [5, 5.41) is 1.27. The number of benzene rings is 1. The predicted molar refractivity (Wildman–Crippen MR) is 87.2 cm³/mol. The smallest absolute Gasteiger partial charge is 0.154 e. The predicted octanol–water partition coefficient (Wildman–Crippen LogP) is 4.75. The average molecular weight is 328 g/mol. The second kappa shape index (κ2) is 5.70. The second-order valence-corrected chi connectivity index (χ2v) is 6.10. The van der Waals surface area contributed by atoms with E-state index in [0.29, 0.717) is 29.0 Å². The van der Waals surface area contributed by atoms with Gasteiger partial charge in [-0.3, -0.25) is 4.79 Å². The van der Waals surface area contributed by atoms with Crippen molar-refractivity contribution in [2.75, 3.05) is 0 Å². The van der Waals surface area contributed by atoms with Crippen molar-refractivity contribution in [3.63, 3.8) is 0 Å². The summed E-state index contributed by atoms with van der Waals surface area (Å²) in [5.74, 6) is 1.90. The lowest BCUT2D eigenvalue weighted by atomic mass is 10.1. The summed E-state index contributed by atoms with van der Waals surface area (Å²) in [7, 11) is 0. The molecule has 1 aliphatic rings. The molecule has 0 saturated heterocycles. The fourth-order valence-corrected chi connectivity index (χ4v) is 2.75. The van der Waals surface area contributed by atoms with E-state index in [2.05, 4.69) is 4.98 Å². The van der Waals surface area contributed by atoms with Gasteiger partial charge in [0, 0.05) is 23.1 Å². The van der Waals surface area contributed by atoms with Gasteiger partial charge >= 0.3 is 0 Å². The molecule has 2 heterocycles. The lowest BCUT2D eigenvalue weighted by Gasteiger charge is -2.06. The largest absolute Gasteiger partial charge is 0.489 e. The number of hydrogen-bond acceptors (Lipinski definition) is 4. The number of ether oxygens (including phenoxy) is 1. The van der Waals surface area contributed by atoms with Gasteiger partial charge in [0.25, 0.3) is 0 Å². The van der Waals surface area contributed by atoms with Crippen molar-refractivity contribution in [1.82, 2.24) is 4.98 Å². The van der Waals surface area contributed by atoms with Crippen LogP contribution in [0.4, 0.5) is 0 Å². The molecular weight excluding hydrogens is 314 g/mol. The van der Waals surface area contributed by atoms with Gasteiger partial charge in [-0.25, -0.2) is 4.98 Å². The Balaban J connectivity index is 1.60. The lowest BCUT2D eigenvalue weighted by molar-refractivity contribution is 0.112. The first-order valence-corrected chi connectivity index (χ1v) is 7.87. The summed E-state index contributed by atoms with van der Waals surface area (Å²) >= 11 is 5.77. The van der Waals surface area contributed by atoms with Crippen molar-refractivity contribution in [2.24, 2.45) is 0 Å². The van der Waals surface area contributed by atoms with E-state index in [1.165, 1.54) is 0 Å². The molecule has 0 aliphatic heterocycles. The molecular formula is C18H14ClNO3. The number of carbonyl (C=O) groups is 1. The number of halogens is 1. The minimum absolute atomic E-state index is 0.388. The van der Waals surface area contributed by atoms with E-state index < -0.39 is 0 Å². The van der Waals surface area contributed by atoms with Gasteiger partial charge in [0.1, 0.15) is 28.9 Å². The highest BCUT2D eigenvalue weighted by atomic mass is 35.5. The molecule has 0 N–H and O–H groups in total. The van der Waals surface area contributed by atoms with Gasteiger partial charge in [0.05, 0.1) is 5.56 Å². The van der Waals surface area contributed by atoms with Crippen molar-refractivity contribution in [3.8, 4) is 5.75 Å². The Hall–Kier alpha value is -2.33. The first-order chi connectivity index (χ1) is 11.2. The van der Waals surface area contributed by atoms with Gasteiger partial charge in [-0.05, 0) is 37.1 Å². The van der Waals surface area contributed by atoms with Crippen molar-refractivity contribution >= 4 is 28.9 Å². The van der Waals surface area contributed by atoms with Gasteiger partial charge in [-0.2, -0.15) is 0 Å². The summed E-state index contributed by atoms with van der Waals surface area (Å²) in [5.41, 5.74) is 2.31. The molecule has 23 heavy (non-hydrogen) atoms. The highest BCUT2D eigenvalue weighted by Crippen LogP contribution is 2.44. The molecule has 0 unspecified atom stereocenters. The van der Waals surface area contributed by atoms with Crippen LogP contribution in [0.2, 0.25) is 5.15 Å². The van der Waals surface area contributed by atoms with Crippen LogP contribution in [-0.2, 0) is 6.61 Å². The number of rotatable bonds is 5. The number of furan rings is 1. The number of hydrogen-bond donors (Lipinski definition) is 0. The van der Waals surface area contributed by atoms with Gasteiger partial charge in [-0.1, -0.05) is 17.7 Å². The third kappa shape index (κ3) is 2.82. The molecule has 0 radical (unpaired) electrons. The SMILES string of the molecule is O=Cc1c(C2CC2)oc2ccc(OCc3ccc(Cl)nc3)cc12. The van der Waals surface area contributed by atoms with E-state index in [1.807, 2.05) is 24.3 Å². The first-order valence-electron chi connectivity index (χ1n) is 7.49. The molecule has 1 saturated carbocycles. The zero-order valence-corrected chi connectivity index (χ0v) is 13.0. The first kappa shape index (κ1) is 14.3. The van der Waals surface area contributed by atoms with Gasteiger partial charge in [-0.15, -0.1) is 0 Å². The maximum absolute atomic E-state index is 11.4. The number of carbonyl (C=O) groups excluding carboxylic acids is 1. The van der Waals surface area contributed by atoms with E-state index in [4.69, 9.17) is 20.8 Å². The molecule has 0 spiro atoms. The molecule has 0 bridgehead atoms. The third-order valence-corrected chi connectivity index (χ3v) is 4.21. The fraction of sp³-hybridized carbons (Fsp3) is 0.222. The van der Waals surface area contributed by atoms with E-state index in [0.717, 1.165) is 41.4 Å². The molecule has 116 valence electrons. The van der Waals surface area contributed by atoms with Crippen LogP contribution in [0.15, 0.2) is 40.9 Å². The topological polar surface area (TPSA) is 52.3 Å². The second-order valence-electron chi connectivity index (χ2n) is 5.71. The maximum Gasteiger partial charge on any atom is 0.154 e. The third-order valence-electron chi connectivity index (χ3n) is 3.99. The van der Waals surface area contributed by atoms with Crippen LogP contribution in [0.5, 0.6) is 5.75 Å². The Morgan fingerprint density at radius 3 is 2.87 bits per heavy atom. The van der Waals surface area contributed by atoms with E-state index in [1.54, 1.807) is 12.3 Å². The molecule has 3 aromatic rings. The Morgan fingerprint density at radius 1 is 1.30 bits per heavy atom. The summed E-state index contributed by atoms with van der Waals surface area (Å²) in [6, 6.07) is 9.15. The van der Waals surface area contributed by atoms with Crippen LogP contribution in [0, 0.1) is 0 Å². The molecule has 5 heteroatoms. The Kier molecular flexibility index (Phi) is 3.54. The molecule has 0 amide bonds. The minimum Gasteiger partial charge on any atom is -0.489 e. The molecule has 4 rings (SSSR count). The zero-order valence-electron chi connectivity index (χ0n) is 12.3.